The van der Waals surface area contributed by atoms with Gasteiger partial charge in [0.2, 0.25) is 0 Å². The van der Waals surface area contributed by atoms with Gasteiger partial charge in [0.1, 0.15) is 11.6 Å². The number of hydrogen-bond acceptors (Lipinski definition) is 2. The van der Waals surface area contributed by atoms with Gasteiger partial charge in [-0.05, 0) is 59.5 Å². The molecule has 0 amide bonds. The Morgan fingerprint density at radius 1 is 0.759 bits per heavy atom. The second-order valence-electron chi connectivity index (χ2n) is 7.27. The van der Waals surface area contributed by atoms with Crippen LogP contribution in [0, 0.1) is 11.6 Å². The SMILES string of the molecule is CCCc1cnc(-c2ccc3c(F)c(CCc4ccc(F)cc4)ccc3c2)nc1. The molecule has 0 spiro atoms. The summed E-state index contributed by atoms with van der Waals surface area (Å²) in [6.45, 7) is 2.12. The van der Waals surface area contributed by atoms with Crippen molar-refractivity contribution in [1.29, 1.82) is 0 Å². The molecule has 0 unspecified atom stereocenters. The third kappa shape index (κ3) is 4.32. The summed E-state index contributed by atoms with van der Waals surface area (Å²) in [5, 5.41) is 1.42. The predicted molar refractivity (Wildman–Crippen MR) is 113 cm³/mol. The molecule has 3 aromatic carbocycles. The number of nitrogens with zero attached hydrogens (tertiary/aromatic N) is 2. The first-order chi connectivity index (χ1) is 14.1. The molecule has 4 aromatic rings. The lowest BCUT2D eigenvalue weighted by Gasteiger charge is -2.09. The molecule has 1 aromatic heterocycles. The third-order valence-electron chi connectivity index (χ3n) is 5.13. The minimum atomic E-state index is -0.259. The summed E-state index contributed by atoms with van der Waals surface area (Å²) in [5.41, 5.74) is 3.65. The molecule has 0 aliphatic rings. The molecule has 0 saturated heterocycles. The number of rotatable bonds is 6. The summed E-state index contributed by atoms with van der Waals surface area (Å²) in [7, 11) is 0. The van der Waals surface area contributed by atoms with Crippen molar-refractivity contribution >= 4 is 10.8 Å². The maximum absolute atomic E-state index is 15.0. The highest BCUT2D eigenvalue weighted by molar-refractivity contribution is 5.87. The molecule has 0 aliphatic heterocycles. The topological polar surface area (TPSA) is 25.8 Å². The van der Waals surface area contributed by atoms with Crippen molar-refractivity contribution in [2.75, 3.05) is 0 Å². The number of aromatic nitrogens is 2. The number of hydrogen-bond donors (Lipinski definition) is 0. The molecule has 146 valence electrons. The van der Waals surface area contributed by atoms with E-state index < -0.39 is 0 Å². The quantitative estimate of drug-likeness (QED) is 0.387. The molecule has 4 heteroatoms. The van der Waals surface area contributed by atoms with Crippen LogP contribution in [0.4, 0.5) is 8.78 Å². The molecule has 1 heterocycles. The monoisotopic (exact) mass is 388 g/mol. The van der Waals surface area contributed by atoms with Crippen molar-refractivity contribution in [3.8, 4) is 11.4 Å². The zero-order valence-corrected chi connectivity index (χ0v) is 16.3. The average molecular weight is 388 g/mol. The van der Waals surface area contributed by atoms with Gasteiger partial charge in [0, 0.05) is 23.3 Å². The highest BCUT2D eigenvalue weighted by atomic mass is 19.1. The Bertz CT molecular complexity index is 1120. The number of fused-ring (bicyclic) bond motifs is 1. The minimum absolute atomic E-state index is 0.199. The van der Waals surface area contributed by atoms with Crippen LogP contribution in [0.3, 0.4) is 0 Å². The van der Waals surface area contributed by atoms with Crippen molar-refractivity contribution in [3.05, 3.63) is 95.3 Å². The Balaban J connectivity index is 1.57. The van der Waals surface area contributed by atoms with Gasteiger partial charge in [-0.2, -0.15) is 0 Å². The first-order valence-corrected chi connectivity index (χ1v) is 9.91. The van der Waals surface area contributed by atoms with Crippen molar-refractivity contribution in [3.63, 3.8) is 0 Å². The first-order valence-electron chi connectivity index (χ1n) is 9.91. The van der Waals surface area contributed by atoms with Gasteiger partial charge >= 0.3 is 0 Å². The largest absolute Gasteiger partial charge is 0.236 e. The van der Waals surface area contributed by atoms with E-state index in [9.17, 15) is 4.39 Å². The standard InChI is InChI=1S/C25H22F2N2/c1-2-3-18-15-28-25(29-16-18)21-10-13-23-20(14-21)9-8-19(24(23)27)7-4-17-5-11-22(26)12-6-17/h5-6,8-16H,2-4,7H2,1H3. The van der Waals surface area contributed by atoms with Crippen LogP contribution in [0.2, 0.25) is 0 Å². The maximum Gasteiger partial charge on any atom is 0.159 e. The van der Waals surface area contributed by atoms with Crippen molar-refractivity contribution in [2.24, 2.45) is 0 Å². The molecular weight excluding hydrogens is 366 g/mol. The van der Waals surface area contributed by atoms with Crippen LogP contribution < -0.4 is 0 Å². The molecule has 0 N–H and O–H groups in total. The van der Waals surface area contributed by atoms with Crippen molar-refractivity contribution < 1.29 is 8.78 Å². The lowest BCUT2D eigenvalue weighted by Crippen LogP contribution is -1.97. The fraction of sp³-hybridized carbons (Fsp3) is 0.200. The molecule has 0 atom stereocenters. The van der Waals surface area contributed by atoms with Gasteiger partial charge in [-0.15, -0.1) is 0 Å². The van der Waals surface area contributed by atoms with Gasteiger partial charge in [0.05, 0.1) is 0 Å². The van der Waals surface area contributed by atoms with Gasteiger partial charge < -0.3 is 0 Å². The van der Waals surface area contributed by atoms with Gasteiger partial charge in [0.15, 0.2) is 5.82 Å². The fourth-order valence-corrected chi connectivity index (χ4v) is 3.52. The molecule has 0 bridgehead atoms. The Kier molecular flexibility index (Phi) is 5.61. The van der Waals surface area contributed by atoms with Crippen LogP contribution in [0.15, 0.2) is 67.0 Å². The lowest BCUT2D eigenvalue weighted by atomic mass is 9.99. The van der Waals surface area contributed by atoms with E-state index in [0.29, 0.717) is 29.6 Å². The van der Waals surface area contributed by atoms with Gasteiger partial charge in [-0.1, -0.05) is 49.7 Å². The Morgan fingerprint density at radius 2 is 1.52 bits per heavy atom. The second kappa shape index (κ2) is 8.48. The Morgan fingerprint density at radius 3 is 2.24 bits per heavy atom. The molecule has 4 rings (SSSR count). The van der Waals surface area contributed by atoms with E-state index in [-0.39, 0.29) is 11.6 Å². The Hall–Kier alpha value is -3.14. The van der Waals surface area contributed by atoms with E-state index in [2.05, 4.69) is 16.9 Å². The number of aryl methyl sites for hydroxylation is 3. The first kappa shape index (κ1) is 19.2. The van der Waals surface area contributed by atoms with Gasteiger partial charge in [0.25, 0.3) is 0 Å². The van der Waals surface area contributed by atoms with Crippen molar-refractivity contribution in [1.82, 2.24) is 9.97 Å². The van der Waals surface area contributed by atoms with Crippen LogP contribution in [-0.2, 0) is 19.3 Å². The maximum atomic E-state index is 15.0. The summed E-state index contributed by atoms with van der Waals surface area (Å²) < 4.78 is 28.0. The summed E-state index contributed by atoms with van der Waals surface area (Å²) in [6, 6.07) is 15.7. The summed E-state index contributed by atoms with van der Waals surface area (Å²) in [4.78, 5) is 8.90. The highest BCUT2D eigenvalue weighted by Crippen LogP contribution is 2.26. The lowest BCUT2D eigenvalue weighted by molar-refractivity contribution is 0.619. The second-order valence-corrected chi connectivity index (χ2v) is 7.27. The van der Waals surface area contributed by atoms with E-state index in [0.717, 1.165) is 34.9 Å². The zero-order valence-electron chi connectivity index (χ0n) is 16.3. The van der Waals surface area contributed by atoms with E-state index in [1.54, 1.807) is 18.2 Å². The molecule has 0 saturated carbocycles. The van der Waals surface area contributed by atoms with Crippen LogP contribution in [-0.4, -0.2) is 9.97 Å². The molecule has 0 radical (unpaired) electrons. The highest BCUT2D eigenvalue weighted by Gasteiger charge is 2.10. The zero-order chi connectivity index (χ0) is 20.2. The van der Waals surface area contributed by atoms with Gasteiger partial charge in [-0.3, -0.25) is 0 Å². The van der Waals surface area contributed by atoms with Crippen LogP contribution in [0.25, 0.3) is 22.2 Å². The van der Waals surface area contributed by atoms with E-state index >= 15 is 4.39 Å². The van der Waals surface area contributed by atoms with Crippen LogP contribution in [0.1, 0.15) is 30.0 Å². The van der Waals surface area contributed by atoms with E-state index in [4.69, 9.17) is 0 Å². The molecule has 29 heavy (non-hydrogen) atoms. The van der Waals surface area contributed by atoms with Gasteiger partial charge in [-0.25, -0.2) is 18.7 Å². The molecule has 0 fully saturated rings. The summed E-state index contributed by atoms with van der Waals surface area (Å²) >= 11 is 0. The summed E-state index contributed by atoms with van der Waals surface area (Å²) in [6.07, 6.45) is 6.96. The smallest absolute Gasteiger partial charge is 0.159 e. The Labute approximate surface area is 169 Å². The van der Waals surface area contributed by atoms with E-state index in [1.807, 2.05) is 36.7 Å². The van der Waals surface area contributed by atoms with Crippen molar-refractivity contribution in [2.45, 2.75) is 32.6 Å². The fourth-order valence-electron chi connectivity index (χ4n) is 3.52. The predicted octanol–water partition coefficient (Wildman–Crippen LogP) is 6.31. The molecule has 2 nitrogen and oxygen atoms in total. The molecular formula is C25H22F2N2. The van der Waals surface area contributed by atoms with E-state index in [1.165, 1.54) is 12.1 Å². The number of halogens is 2. The average Bonchev–Trinajstić information content (AvgIpc) is 2.75. The van der Waals surface area contributed by atoms with Crippen LogP contribution >= 0.6 is 0 Å². The van der Waals surface area contributed by atoms with Crippen LogP contribution in [0.5, 0.6) is 0 Å². The minimum Gasteiger partial charge on any atom is -0.236 e. The number of benzene rings is 3. The normalized spacial score (nSPS) is 11.1. The third-order valence-corrected chi connectivity index (χ3v) is 5.13. The summed E-state index contributed by atoms with van der Waals surface area (Å²) in [5.74, 6) is 0.188. The molecule has 0 aliphatic carbocycles.